The lowest BCUT2D eigenvalue weighted by Gasteiger charge is -2.31. The van der Waals surface area contributed by atoms with Crippen LogP contribution >= 0.6 is 0 Å². The number of likely N-dealkylation sites (tertiary alicyclic amines) is 1. The molecule has 0 spiro atoms. The van der Waals surface area contributed by atoms with Crippen LogP contribution in [0.2, 0.25) is 0 Å². The third-order valence-corrected chi connectivity index (χ3v) is 8.03. The van der Waals surface area contributed by atoms with E-state index >= 15 is 0 Å². The first-order valence-corrected chi connectivity index (χ1v) is 14.7. The predicted molar refractivity (Wildman–Crippen MR) is 145 cm³/mol. The molecule has 5 nitrogen and oxygen atoms in total. The van der Waals surface area contributed by atoms with Crippen molar-refractivity contribution in [1.82, 2.24) is 4.90 Å². The molecule has 0 N–H and O–H groups in total. The van der Waals surface area contributed by atoms with Crippen LogP contribution in [0.15, 0.2) is 77.7 Å². The van der Waals surface area contributed by atoms with Crippen LogP contribution in [0.25, 0.3) is 11.1 Å². The van der Waals surface area contributed by atoms with Crippen molar-refractivity contribution in [3.8, 4) is 22.6 Å². The summed E-state index contributed by atoms with van der Waals surface area (Å²) in [6, 6.07) is 23.5. The monoisotopic (exact) mass is 507 g/mol. The van der Waals surface area contributed by atoms with Gasteiger partial charge in [-0.3, -0.25) is 4.90 Å². The molecule has 1 atom stereocenters. The van der Waals surface area contributed by atoms with Crippen molar-refractivity contribution in [2.45, 2.75) is 50.7 Å². The molecular formula is C30H37NO4S. The Hall–Kier alpha value is -2.83. The Kier molecular flexibility index (Phi) is 8.70. The summed E-state index contributed by atoms with van der Waals surface area (Å²) in [7, 11) is -3.18. The lowest BCUT2D eigenvalue weighted by atomic mass is 9.97. The maximum absolute atomic E-state index is 11.7. The molecule has 36 heavy (non-hydrogen) atoms. The van der Waals surface area contributed by atoms with E-state index < -0.39 is 9.84 Å². The van der Waals surface area contributed by atoms with Gasteiger partial charge in [-0.25, -0.2) is 8.42 Å². The molecule has 1 aliphatic rings. The van der Waals surface area contributed by atoms with Crippen LogP contribution in [0.3, 0.4) is 0 Å². The van der Waals surface area contributed by atoms with Crippen molar-refractivity contribution in [3.05, 3.63) is 78.4 Å². The van der Waals surface area contributed by atoms with Gasteiger partial charge in [-0.05, 0) is 98.3 Å². The fourth-order valence-electron chi connectivity index (χ4n) is 4.41. The normalized spacial score (nSPS) is 16.0. The number of ether oxygens (including phenoxy) is 2. The average molecular weight is 508 g/mol. The van der Waals surface area contributed by atoms with E-state index in [0.29, 0.717) is 10.8 Å². The summed E-state index contributed by atoms with van der Waals surface area (Å²) < 4.78 is 35.3. The van der Waals surface area contributed by atoms with Gasteiger partial charge in [0, 0.05) is 12.8 Å². The summed E-state index contributed by atoms with van der Waals surface area (Å²) in [6.45, 7) is 8.11. The van der Waals surface area contributed by atoms with Crippen LogP contribution in [0.1, 0.15) is 38.7 Å². The number of piperidine rings is 1. The van der Waals surface area contributed by atoms with Crippen molar-refractivity contribution in [3.63, 3.8) is 0 Å². The zero-order valence-electron chi connectivity index (χ0n) is 21.5. The Balaban J connectivity index is 1.21. The minimum absolute atomic E-state index is 0.246. The Morgan fingerprint density at radius 2 is 1.42 bits per heavy atom. The minimum Gasteiger partial charge on any atom is -0.493 e. The van der Waals surface area contributed by atoms with E-state index in [0.717, 1.165) is 68.1 Å². The van der Waals surface area contributed by atoms with Gasteiger partial charge in [-0.2, -0.15) is 0 Å². The lowest BCUT2D eigenvalue weighted by Crippen LogP contribution is -2.35. The van der Waals surface area contributed by atoms with Crippen LogP contribution in [0, 0.1) is 5.92 Å². The van der Waals surface area contributed by atoms with Gasteiger partial charge in [0.25, 0.3) is 0 Å². The van der Waals surface area contributed by atoms with Crippen LogP contribution in [-0.2, 0) is 16.4 Å². The first-order chi connectivity index (χ1) is 17.3. The Morgan fingerprint density at radius 3 is 1.97 bits per heavy atom. The van der Waals surface area contributed by atoms with Crippen molar-refractivity contribution in [2.75, 3.05) is 26.0 Å². The molecule has 0 aliphatic carbocycles. The van der Waals surface area contributed by atoms with Gasteiger partial charge >= 0.3 is 0 Å². The molecule has 0 bridgehead atoms. The summed E-state index contributed by atoms with van der Waals surface area (Å²) in [5.74, 6) is 2.38. The molecule has 3 aromatic rings. The Bertz CT molecular complexity index is 1200. The van der Waals surface area contributed by atoms with Gasteiger partial charge in [0.2, 0.25) is 0 Å². The van der Waals surface area contributed by atoms with E-state index in [2.05, 4.69) is 43.0 Å². The molecule has 1 aliphatic heterocycles. The van der Waals surface area contributed by atoms with Crippen LogP contribution < -0.4 is 9.47 Å². The number of benzene rings is 3. The molecule has 1 heterocycles. The molecular weight excluding hydrogens is 470 g/mol. The third-order valence-electron chi connectivity index (χ3n) is 6.90. The van der Waals surface area contributed by atoms with Crippen LogP contribution in [0.4, 0.5) is 0 Å². The molecule has 1 fully saturated rings. The highest BCUT2D eigenvalue weighted by molar-refractivity contribution is 7.90. The first-order valence-electron chi connectivity index (χ1n) is 12.8. The van der Waals surface area contributed by atoms with E-state index in [4.69, 9.17) is 9.47 Å². The second-order valence-corrected chi connectivity index (χ2v) is 11.8. The summed E-state index contributed by atoms with van der Waals surface area (Å²) in [5, 5.41) is 0. The van der Waals surface area contributed by atoms with Gasteiger partial charge < -0.3 is 9.47 Å². The first kappa shape index (κ1) is 26.2. The SMILES string of the molecule is CCC(C)Oc1ccc(CN2CCC(COc3ccc(-c4ccc(S(C)(=O)=O)cc4)cc3)CC2)cc1. The maximum Gasteiger partial charge on any atom is 0.175 e. The second-order valence-electron chi connectivity index (χ2n) is 9.83. The zero-order valence-corrected chi connectivity index (χ0v) is 22.3. The van der Waals surface area contributed by atoms with E-state index in [9.17, 15) is 8.42 Å². The quantitative estimate of drug-likeness (QED) is 0.326. The van der Waals surface area contributed by atoms with Crippen molar-refractivity contribution >= 4 is 9.84 Å². The minimum atomic E-state index is -3.18. The summed E-state index contributed by atoms with van der Waals surface area (Å²) >= 11 is 0. The lowest BCUT2D eigenvalue weighted by molar-refractivity contribution is 0.136. The molecule has 1 unspecified atom stereocenters. The zero-order chi connectivity index (χ0) is 25.5. The summed E-state index contributed by atoms with van der Waals surface area (Å²) in [6.07, 6.45) is 4.76. The Labute approximate surface area is 216 Å². The molecule has 3 aromatic carbocycles. The number of hydrogen-bond acceptors (Lipinski definition) is 5. The number of rotatable bonds is 10. The topological polar surface area (TPSA) is 55.8 Å². The highest BCUT2D eigenvalue weighted by Gasteiger charge is 2.20. The molecule has 1 saturated heterocycles. The molecule has 0 radical (unpaired) electrons. The van der Waals surface area contributed by atoms with Crippen LogP contribution in [-0.4, -0.2) is 45.4 Å². The smallest absolute Gasteiger partial charge is 0.175 e. The van der Waals surface area contributed by atoms with E-state index in [-0.39, 0.29) is 6.10 Å². The fraction of sp³-hybridized carbons (Fsp3) is 0.400. The summed E-state index contributed by atoms with van der Waals surface area (Å²) in [4.78, 5) is 2.85. The van der Waals surface area contributed by atoms with Gasteiger partial charge in [0.05, 0.1) is 17.6 Å². The summed E-state index contributed by atoms with van der Waals surface area (Å²) in [5.41, 5.74) is 3.35. The third kappa shape index (κ3) is 7.34. The van der Waals surface area contributed by atoms with Crippen molar-refractivity contribution < 1.29 is 17.9 Å². The maximum atomic E-state index is 11.7. The molecule has 0 aromatic heterocycles. The van der Waals surface area contributed by atoms with E-state index in [1.807, 2.05) is 36.4 Å². The largest absolute Gasteiger partial charge is 0.493 e. The van der Waals surface area contributed by atoms with Crippen LogP contribution in [0.5, 0.6) is 11.5 Å². The van der Waals surface area contributed by atoms with Gasteiger partial charge in [0.15, 0.2) is 9.84 Å². The predicted octanol–water partition coefficient (Wildman–Crippen LogP) is 6.23. The highest BCUT2D eigenvalue weighted by Crippen LogP contribution is 2.26. The van der Waals surface area contributed by atoms with E-state index in [1.54, 1.807) is 12.1 Å². The number of sulfone groups is 1. The standard InChI is InChI=1S/C30H37NO4S/c1-4-23(2)35-29-11-5-24(6-12-29)21-31-19-17-25(18-20-31)22-34-28-13-7-26(8-14-28)27-9-15-30(16-10-27)36(3,32)33/h5-16,23,25H,4,17-22H2,1-3H3. The molecule has 192 valence electrons. The molecule has 0 saturated carbocycles. The highest BCUT2D eigenvalue weighted by atomic mass is 32.2. The molecule has 6 heteroatoms. The van der Waals surface area contributed by atoms with Gasteiger partial charge in [0.1, 0.15) is 11.5 Å². The average Bonchev–Trinajstić information content (AvgIpc) is 2.89. The number of hydrogen-bond donors (Lipinski definition) is 0. The van der Waals surface area contributed by atoms with E-state index in [1.165, 1.54) is 11.8 Å². The van der Waals surface area contributed by atoms with Crippen molar-refractivity contribution in [2.24, 2.45) is 5.92 Å². The second kappa shape index (κ2) is 11.9. The molecule has 0 amide bonds. The van der Waals surface area contributed by atoms with Gasteiger partial charge in [-0.15, -0.1) is 0 Å². The van der Waals surface area contributed by atoms with Gasteiger partial charge in [-0.1, -0.05) is 43.3 Å². The Morgan fingerprint density at radius 1 is 0.861 bits per heavy atom. The van der Waals surface area contributed by atoms with Crippen molar-refractivity contribution in [1.29, 1.82) is 0 Å². The fourth-order valence-corrected chi connectivity index (χ4v) is 5.04. The molecule has 4 rings (SSSR count). The number of nitrogens with zero attached hydrogens (tertiary/aromatic N) is 1.